The lowest BCUT2D eigenvalue weighted by Crippen LogP contribution is -2.37. The molecule has 0 aliphatic rings. The van der Waals surface area contributed by atoms with E-state index >= 15 is 0 Å². The Hall–Kier alpha value is -2.55. The molecule has 0 aromatic carbocycles. The lowest BCUT2D eigenvalue weighted by molar-refractivity contribution is -0.870. The van der Waals surface area contributed by atoms with Gasteiger partial charge >= 0.3 is 19.8 Å². The molecule has 0 spiro atoms. The molecule has 10 heteroatoms. The molecule has 0 aliphatic heterocycles. The molecule has 0 bridgehead atoms. The number of carbonyl (C=O) groups excluding carboxylic acids is 2. The fraction of sp³-hybridized carbons (Fsp3) is 0.797. The number of unbranched alkanes of at least 4 members (excludes halogenated alkanes) is 35. The number of nitrogens with zero attached hydrogens (tertiary/aromatic N) is 1. The van der Waals surface area contributed by atoms with Crippen molar-refractivity contribution in [3.8, 4) is 0 Å². The second-order valence-electron chi connectivity index (χ2n) is 23.5. The fourth-order valence-corrected chi connectivity index (χ4v) is 10.2. The minimum absolute atomic E-state index is 0.0163. The summed E-state index contributed by atoms with van der Waals surface area (Å²) in [4.78, 5) is 35.7. The number of phosphoric ester groups is 1. The molecular weight excluding hydrogens is 1000 g/mol. The molecule has 1 N–H and O–H groups in total. The SMILES string of the molecule is CC/C=C\C/C=C\C/C=C\C/C=C\C/C=C\C/C=C\CCC(=O)OC(COC(=O)CCCCCCCCCCCCCCCCCCCCCCCCCCCCCCCCCCCCCC)COP(=O)(O)OCC[N+](C)(C)C. The van der Waals surface area contributed by atoms with Gasteiger partial charge < -0.3 is 18.9 Å². The first-order valence-electron chi connectivity index (χ1n) is 33.2. The monoisotopic (exact) mass is 1130 g/mol. The third-order valence-corrected chi connectivity index (χ3v) is 15.5. The van der Waals surface area contributed by atoms with Crippen LogP contribution in [0.2, 0.25) is 0 Å². The van der Waals surface area contributed by atoms with Crippen LogP contribution in [0.1, 0.15) is 303 Å². The van der Waals surface area contributed by atoms with Gasteiger partial charge in [-0.15, -0.1) is 0 Å². The van der Waals surface area contributed by atoms with Crippen LogP contribution in [0.15, 0.2) is 72.9 Å². The van der Waals surface area contributed by atoms with E-state index in [0.717, 1.165) is 57.8 Å². The zero-order valence-corrected chi connectivity index (χ0v) is 53.2. The Morgan fingerprint density at radius 2 is 0.722 bits per heavy atom. The molecule has 79 heavy (non-hydrogen) atoms. The van der Waals surface area contributed by atoms with E-state index in [4.69, 9.17) is 18.5 Å². The highest BCUT2D eigenvalue weighted by Gasteiger charge is 2.27. The van der Waals surface area contributed by atoms with Gasteiger partial charge in [0.2, 0.25) is 0 Å². The Labute approximate surface area is 489 Å². The van der Waals surface area contributed by atoms with Crippen LogP contribution in [0.5, 0.6) is 0 Å². The molecule has 9 nitrogen and oxygen atoms in total. The summed E-state index contributed by atoms with van der Waals surface area (Å²) in [6, 6.07) is 0. The largest absolute Gasteiger partial charge is 0.472 e. The first-order valence-corrected chi connectivity index (χ1v) is 34.7. The van der Waals surface area contributed by atoms with Crippen molar-refractivity contribution in [3.05, 3.63) is 72.9 Å². The number of quaternary nitrogens is 1. The van der Waals surface area contributed by atoms with Crippen LogP contribution in [0.3, 0.4) is 0 Å². The molecule has 0 aliphatic carbocycles. The average molecular weight is 1130 g/mol. The maximum Gasteiger partial charge on any atom is 0.472 e. The van der Waals surface area contributed by atoms with Crippen molar-refractivity contribution in [1.29, 1.82) is 0 Å². The molecule has 460 valence electrons. The van der Waals surface area contributed by atoms with Crippen molar-refractivity contribution in [2.45, 2.75) is 309 Å². The molecule has 0 saturated heterocycles. The van der Waals surface area contributed by atoms with Crippen molar-refractivity contribution in [3.63, 3.8) is 0 Å². The Morgan fingerprint density at radius 1 is 0.405 bits per heavy atom. The zero-order chi connectivity index (χ0) is 57.7. The summed E-state index contributed by atoms with van der Waals surface area (Å²) in [5.74, 6) is -0.888. The first kappa shape index (κ1) is 76.5. The lowest BCUT2D eigenvalue weighted by Gasteiger charge is -2.24. The van der Waals surface area contributed by atoms with E-state index in [1.54, 1.807) is 0 Å². The molecule has 0 saturated carbocycles. The van der Waals surface area contributed by atoms with E-state index in [-0.39, 0.29) is 32.0 Å². The van der Waals surface area contributed by atoms with E-state index in [0.29, 0.717) is 17.4 Å². The van der Waals surface area contributed by atoms with Crippen LogP contribution in [-0.4, -0.2) is 74.9 Å². The van der Waals surface area contributed by atoms with Crippen molar-refractivity contribution < 1.29 is 42.1 Å². The number of likely N-dealkylation sites (N-methyl/N-ethyl adjacent to an activating group) is 1. The Morgan fingerprint density at radius 3 is 1.05 bits per heavy atom. The third-order valence-electron chi connectivity index (χ3n) is 14.5. The van der Waals surface area contributed by atoms with E-state index in [9.17, 15) is 19.0 Å². The van der Waals surface area contributed by atoms with Gasteiger partial charge in [0.25, 0.3) is 0 Å². The van der Waals surface area contributed by atoms with Gasteiger partial charge in [-0.25, -0.2) is 4.57 Å². The highest BCUT2D eigenvalue weighted by Crippen LogP contribution is 2.43. The summed E-state index contributed by atoms with van der Waals surface area (Å²) >= 11 is 0. The quantitative estimate of drug-likeness (QED) is 0.0211. The predicted molar refractivity (Wildman–Crippen MR) is 339 cm³/mol. The molecule has 0 aromatic rings. The van der Waals surface area contributed by atoms with E-state index < -0.39 is 26.5 Å². The van der Waals surface area contributed by atoms with Crippen molar-refractivity contribution in [2.75, 3.05) is 47.5 Å². The summed E-state index contributed by atoms with van der Waals surface area (Å²) in [6.45, 7) is 4.27. The van der Waals surface area contributed by atoms with Gasteiger partial charge in [-0.2, -0.15) is 0 Å². The van der Waals surface area contributed by atoms with E-state index in [1.165, 1.54) is 212 Å². The maximum absolute atomic E-state index is 12.8. The predicted octanol–water partition coefficient (Wildman–Crippen LogP) is 21.2. The summed E-state index contributed by atoms with van der Waals surface area (Å²) in [5.41, 5.74) is 0. The normalized spacial score (nSPS) is 13.6. The second-order valence-corrected chi connectivity index (χ2v) is 24.9. The van der Waals surface area contributed by atoms with Crippen molar-refractivity contribution in [1.82, 2.24) is 0 Å². The average Bonchev–Trinajstić information content (AvgIpc) is 3.41. The first-order chi connectivity index (χ1) is 38.5. The van der Waals surface area contributed by atoms with Gasteiger partial charge in [-0.1, -0.05) is 311 Å². The van der Waals surface area contributed by atoms with Crippen LogP contribution < -0.4 is 0 Å². The second kappa shape index (κ2) is 60.1. The summed E-state index contributed by atoms with van der Waals surface area (Å²) < 4.78 is 34.5. The number of allylic oxidation sites excluding steroid dienone is 12. The lowest BCUT2D eigenvalue weighted by atomic mass is 10.0. The van der Waals surface area contributed by atoms with Gasteiger partial charge in [0.1, 0.15) is 19.8 Å². The molecule has 0 amide bonds. The van der Waals surface area contributed by atoms with Gasteiger partial charge in [0.05, 0.1) is 27.7 Å². The van der Waals surface area contributed by atoms with Crippen LogP contribution >= 0.6 is 7.82 Å². The highest BCUT2D eigenvalue weighted by atomic mass is 31.2. The molecule has 0 fully saturated rings. The Kier molecular flexibility index (Phi) is 58.1. The Bertz CT molecular complexity index is 1560. The molecular formula is C69H127NO8P+. The molecule has 0 radical (unpaired) electrons. The van der Waals surface area contributed by atoms with Crippen LogP contribution in [0, 0.1) is 0 Å². The molecule has 0 aromatic heterocycles. The summed E-state index contributed by atoms with van der Waals surface area (Å²) in [6.07, 6.45) is 80.5. The maximum atomic E-state index is 12.8. The van der Waals surface area contributed by atoms with Gasteiger partial charge in [-0.3, -0.25) is 18.6 Å². The number of esters is 2. The number of rotatable bonds is 61. The van der Waals surface area contributed by atoms with Gasteiger partial charge in [-0.05, 0) is 51.4 Å². The molecule has 0 heterocycles. The minimum atomic E-state index is -4.41. The number of phosphoric acid groups is 1. The van der Waals surface area contributed by atoms with Crippen LogP contribution in [0.4, 0.5) is 0 Å². The fourth-order valence-electron chi connectivity index (χ4n) is 9.46. The summed E-state index contributed by atoms with van der Waals surface area (Å²) in [7, 11) is 1.43. The van der Waals surface area contributed by atoms with Gasteiger partial charge in [0.15, 0.2) is 6.10 Å². The van der Waals surface area contributed by atoms with Crippen LogP contribution in [-0.2, 0) is 32.7 Å². The molecule has 2 atom stereocenters. The van der Waals surface area contributed by atoms with E-state index in [1.807, 2.05) is 33.3 Å². The Balaban J connectivity index is 4.00. The van der Waals surface area contributed by atoms with Crippen LogP contribution in [0.25, 0.3) is 0 Å². The minimum Gasteiger partial charge on any atom is -0.462 e. The smallest absolute Gasteiger partial charge is 0.462 e. The summed E-state index contributed by atoms with van der Waals surface area (Å²) in [5, 5.41) is 0. The highest BCUT2D eigenvalue weighted by molar-refractivity contribution is 7.47. The standard InChI is InChI=1S/C69H126NO8P/c1-6-8-10-12-14-16-18-20-22-24-26-27-28-29-30-31-32-33-34-35-36-37-38-39-40-41-42-44-45-47-49-51-53-55-57-59-61-68(71)75-65-67(66-77-79(73,74)76-64-63-70(3,4)5)78-69(72)62-60-58-56-54-52-50-48-46-43-25-23-21-19-17-15-13-11-9-7-2/h9,11,15,17,21,23,43,46,50,52,56,58,67H,6-8,10,12-14,16,18-20,22,24-42,44-45,47-49,51,53-55,57,59-66H2,1-5H3/p+1/b11-9-,17-15-,23-21-,46-43-,52-50-,58-56-. The molecule has 0 rings (SSSR count). The number of carbonyl (C=O) groups is 2. The number of ether oxygens (including phenoxy) is 2. The van der Waals surface area contributed by atoms with Crippen molar-refractivity contribution >= 4 is 19.8 Å². The number of hydrogen-bond donors (Lipinski definition) is 1. The van der Waals surface area contributed by atoms with Crippen molar-refractivity contribution in [2.24, 2.45) is 0 Å². The third kappa shape index (κ3) is 64.5. The van der Waals surface area contributed by atoms with E-state index in [2.05, 4.69) is 74.6 Å². The van der Waals surface area contributed by atoms with Gasteiger partial charge in [0, 0.05) is 12.8 Å². The molecule has 2 unspecified atom stereocenters. The topological polar surface area (TPSA) is 108 Å². The number of hydrogen-bond acceptors (Lipinski definition) is 7. The zero-order valence-electron chi connectivity index (χ0n) is 52.4.